The average molecular weight is 512 g/mol. The number of aromatic nitrogens is 1. The van der Waals surface area contributed by atoms with Gasteiger partial charge in [0.25, 0.3) is 11.7 Å². The number of aryl methyl sites for hydroxylation is 1. The summed E-state index contributed by atoms with van der Waals surface area (Å²) in [5.41, 5.74) is 2.13. The van der Waals surface area contributed by atoms with Crippen molar-refractivity contribution in [3.8, 4) is 5.75 Å². The van der Waals surface area contributed by atoms with E-state index in [9.17, 15) is 19.5 Å². The molecule has 1 aromatic heterocycles. The number of benzene rings is 1. The molecule has 1 aromatic carbocycles. The third kappa shape index (κ3) is 5.56. The van der Waals surface area contributed by atoms with Gasteiger partial charge in [-0.05, 0) is 70.1 Å². The molecule has 3 rings (SSSR count). The molecular formula is C28H37N3O6. The van der Waals surface area contributed by atoms with Crippen LogP contribution in [-0.2, 0) is 14.3 Å². The lowest BCUT2D eigenvalue weighted by Gasteiger charge is -2.27. The molecule has 0 saturated carbocycles. The molecule has 9 heteroatoms. The van der Waals surface area contributed by atoms with E-state index >= 15 is 0 Å². The standard InChI is InChI=1S/C28H37N3O6/c1-7-30(8-2)15-10-16-31-24(19-11-13-20(14-12-19)37-9-3)22(26(33)27(31)34)25(32)21-17(4)23(28(35)36-6)29-18(21)5/h11-14,24,29,32H,7-10,15-16H2,1-6H3/t24-/m0/s1. The monoisotopic (exact) mass is 511 g/mol. The lowest BCUT2D eigenvalue weighted by molar-refractivity contribution is -0.140. The predicted octanol–water partition coefficient (Wildman–Crippen LogP) is 3.97. The molecule has 1 amide bonds. The summed E-state index contributed by atoms with van der Waals surface area (Å²) in [7, 11) is 1.27. The molecule has 9 nitrogen and oxygen atoms in total. The summed E-state index contributed by atoms with van der Waals surface area (Å²) < 4.78 is 10.4. The molecule has 37 heavy (non-hydrogen) atoms. The van der Waals surface area contributed by atoms with Crippen molar-refractivity contribution < 1.29 is 29.0 Å². The molecule has 1 saturated heterocycles. The van der Waals surface area contributed by atoms with Gasteiger partial charge >= 0.3 is 5.97 Å². The number of carbonyl (C=O) groups excluding carboxylic acids is 3. The molecule has 1 aliphatic rings. The number of ether oxygens (including phenoxy) is 2. The van der Waals surface area contributed by atoms with Crippen LogP contribution in [0.15, 0.2) is 29.8 Å². The van der Waals surface area contributed by atoms with E-state index in [4.69, 9.17) is 9.47 Å². The number of hydrogen-bond acceptors (Lipinski definition) is 7. The second-order valence-corrected chi connectivity index (χ2v) is 8.99. The quantitative estimate of drug-likeness (QED) is 0.203. The van der Waals surface area contributed by atoms with Crippen LogP contribution in [0.1, 0.15) is 66.1 Å². The minimum Gasteiger partial charge on any atom is -0.507 e. The molecule has 200 valence electrons. The van der Waals surface area contributed by atoms with E-state index in [-0.39, 0.29) is 17.0 Å². The summed E-state index contributed by atoms with van der Waals surface area (Å²) in [5, 5.41) is 11.5. The number of aliphatic hydroxyl groups is 1. The number of ketones is 1. The number of methoxy groups -OCH3 is 1. The first-order valence-electron chi connectivity index (χ1n) is 12.7. The summed E-state index contributed by atoms with van der Waals surface area (Å²) >= 11 is 0. The highest BCUT2D eigenvalue weighted by atomic mass is 16.5. The van der Waals surface area contributed by atoms with Crippen LogP contribution in [0.25, 0.3) is 5.76 Å². The number of esters is 1. The Morgan fingerprint density at radius 1 is 1.11 bits per heavy atom. The third-order valence-corrected chi connectivity index (χ3v) is 6.88. The highest BCUT2D eigenvalue weighted by Crippen LogP contribution is 2.41. The molecule has 0 unspecified atom stereocenters. The van der Waals surface area contributed by atoms with Crippen LogP contribution in [-0.4, -0.2) is 77.4 Å². The van der Waals surface area contributed by atoms with Gasteiger partial charge in [-0.25, -0.2) is 4.79 Å². The Hall–Kier alpha value is -3.59. The second kappa shape index (κ2) is 12.1. The Kier molecular flexibility index (Phi) is 9.15. The first-order valence-corrected chi connectivity index (χ1v) is 12.7. The number of hydrogen-bond donors (Lipinski definition) is 2. The van der Waals surface area contributed by atoms with Gasteiger partial charge in [0.2, 0.25) is 0 Å². The minimum absolute atomic E-state index is 0.00128. The van der Waals surface area contributed by atoms with Gasteiger partial charge in [-0.15, -0.1) is 0 Å². The zero-order valence-electron chi connectivity index (χ0n) is 22.5. The number of Topliss-reactive ketones (excluding diaryl/α,β-unsaturated/α-hetero) is 1. The summed E-state index contributed by atoms with van der Waals surface area (Å²) in [5.74, 6) is -1.63. The largest absolute Gasteiger partial charge is 0.507 e. The lowest BCUT2D eigenvalue weighted by atomic mass is 9.94. The summed E-state index contributed by atoms with van der Waals surface area (Å²) in [6.45, 7) is 12.9. The zero-order chi connectivity index (χ0) is 27.3. The van der Waals surface area contributed by atoms with Gasteiger partial charge in [0.05, 0.1) is 25.3 Å². The maximum absolute atomic E-state index is 13.4. The van der Waals surface area contributed by atoms with Crippen molar-refractivity contribution in [2.45, 2.75) is 47.1 Å². The van der Waals surface area contributed by atoms with Crippen LogP contribution in [0.3, 0.4) is 0 Å². The number of likely N-dealkylation sites (tertiary alicyclic amines) is 1. The normalized spacial score (nSPS) is 17.1. The molecule has 1 fully saturated rings. The zero-order valence-corrected chi connectivity index (χ0v) is 22.5. The van der Waals surface area contributed by atoms with Gasteiger partial charge in [0.15, 0.2) is 0 Å². The van der Waals surface area contributed by atoms with Crippen molar-refractivity contribution in [2.75, 3.05) is 39.9 Å². The summed E-state index contributed by atoms with van der Waals surface area (Å²) in [6, 6.07) is 6.42. The van der Waals surface area contributed by atoms with Gasteiger partial charge in [-0.1, -0.05) is 26.0 Å². The Balaban J connectivity index is 2.11. The van der Waals surface area contributed by atoms with Crippen LogP contribution in [0.2, 0.25) is 0 Å². The molecule has 0 spiro atoms. The molecule has 0 bridgehead atoms. The first-order chi connectivity index (χ1) is 17.7. The minimum atomic E-state index is -0.775. The number of aromatic amines is 1. The van der Waals surface area contributed by atoms with E-state index in [1.807, 2.05) is 19.1 Å². The average Bonchev–Trinajstić information content (AvgIpc) is 3.33. The fourth-order valence-electron chi connectivity index (χ4n) is 4.92. The number of nitrogens with one attached hydrogen (secondary N) is 1. The predicted molar refractivity (Wildman–Crippen MR) is 141 cm³/mol. The number of aliphatic hydroxyl groups excluding tert-OH is 1. The summed E-state index contributed by atoms with van der Waals surface area (Å²) in [6.07, 6.45) is 0.678. The molecule has 1 aliphatic heterocycles. The first kappa shape index (κ1) is 28.0. The number of carbonyl (C=O) groups is 3. The van der Waals surface area contributed by atoms with Gasteiger partial charge in [0.1, 0.15) is 17.2 Å². The molecule has 0 radical (unpaired) electrons. The van der Waals surface area contributed by atoms with Crippen molar-refractivity contribution >= 4 is 23.4 Å². The molecular weight excluding hydrogens is 474 g/mol. The molecule has 2 heterocycles. The third-order valence-electron chi connectivity index (χ3n) is 6.88. The van der Waals surface area contributed by atoms with Gasteiger partial charge < -0.3 is 29.4 Å². The van der Waals surface area contributed by atoms with Crippen LogP contribution in [0.4, 0.5) is 0 Å². The van der Waals surface area contributed by atoms with E-state index in [1.165, 1.54) is 12.0 Å². The van der Waals surface area contributed by atoms with Crippen molar-refractivity contribution in [2.24, 2.45) is 0 Å². The molecule has 0 aliphatic carbocycles. The SMILES string of the molecule is CCOc1ccc([C@H]2C(=C(O)c3c(C)[nH]c(C(=O)OC)c3C)C(=O)C(=O)N2CCCN(CC)CC)cc1. The van der Waals surface area contributed by atoms with E-state index in [1.54, 1.807) is 26.0 Å². The lowest BCUT2D eigenvalue weighted by Crippen LogP contribution is -2.33. The Labute approximate surface area is 218 Å². The van der Waals surface area contributed by atoms with Gasteiger partial charge in [-0.2, -0.15) is 0 Å². The Bertz CT molecular complexity index is 1180. The van der Waals surface area contributed by atoms with Crippen molar-refractivity contribution in [1.82, 2.24) is 14.8 Å². The Morgan fingerprint density at radius 2 is 1.76 bits per heavy atom. The van der Waals surface area contributed by atoms with Crippen molar-refractivity contribution in [1.29, 1.82) is 0 Å². The van der Waals surface area contributed by atoms with Crippen LogP contribution in [0, 0.1) is 13.8 Å². The topological polar surface area (TPSA) is 112 Å². The van der Waals surface area contributed by atoms with Crippen molar-refractivity contribution in [3.63, 3.8) is 0 Å². The van der Waals surface area contributed by atoms with E-state index in [2.05, 4.69) is 23.7 Å². The highest BCUT2D eigenvalue weighted by molar-refractivity contribution is 6.46. The fraction of sp³-hybridized carbons (Fsp3) is 0.464. The van der Waals surface area contributed by atoms with Gasteiger partial charge in [0, 0.05) is 17.8 Å². The van der Waals surface area contributed by atoms with Crippen LogP contribution < -0.4 is 4.74 Å². The molecule has 1 atom stereocenters. The number of nitrogens with zero attached hydrogens (tertiary/aromatic N) is 2. The molecule has 2 aromatic rings. The number of H-pyrrole nitrogens is 1. The second-order valence-electron chi connectivity index (χ2n) is 8.99. The smallest absolute Gasteiger partial charge is 0.354 e. The fourth-order valence-corrected chi connectivity index (χ4v) is 4.92. The van der Waals surface area contributed by atoms with Crippen molar-refractivity contribution in [3.05, 3.63) is 57.9 Å². The van der Waals surface area contributed by atoms with E-state index in [0.717, 1.165) is 19.6 Å². The van der Waals surface area contributed by atoms with E-state index < -0.39 is 23.7 Å². The maximum Gasteiger partial charge on any atom is 0.354 e. The van der Waals surface area contributed by atoms with Crippen LogP contribution >= 0.6 is 0 Å². The maximum atomic E-state index is 13.4. The van der Waals surface area contributed by atoms with E-state index in [0.29, 0.717) is 47.7 Å². The highest BCUT2D eigenvalue weighted by Gasteiger charge is 2.46. The Morgan fingerprint density at radius 3 is 2.32 bits per heavy atom. The van der Waals surface area contributed by atoms with Crippen LogP contribution in [0.5, 0.6) is 5.75 Å². The summed E-state index contributed by atoms with van der Waals surface area (Å²) in [4.78, 5) is 45.6. The number of rotatable bonds is 11. The number of amides is 1. The van der Waals surface area contributed by atoms with Gasteiger partial charge in [-0.3, -0.25) is 9.59 Å². The molecule has 2 N–H and O–H groups in total.